The van der Waals surface area contributed by atoms with Crippen LogP contribution in [0.2, 0.25) is 0 Å². The molecule has 7 heteroatoms. The molecule has 0 bridgehead atoms. The summed E-state index contributed by atoms with van der Waals surface area (Å²) in [5.74, 6) is 1.78. The fourth-order valence-electron chi connectivity index (χ4n) is 2.55. The van der Waals surface area contributed by atoms with Crippen LogP contribution in [0.4, 0.5) is 0 Å². The van der Waals surface area contributed by atoms with E-state index in [0.29, 0.717) is 13.2 Å². The van der Waals surface area contributed by atoms with E-state index < -0.39 is 0 Å². The molecule has 27 heavy (non-hydrogen) atoms. The highest BCUT2D eigenvalue weighted by Crippen LogP contribution is 2.19. The van der Waals surface area contributed by atoms with E-state index in [-0.39, 0.29) is 24.0 Å². The van der Waals surface area contributed by atoms with Gasteiger partial charge in [0, 0.05) is 30.6 Å². The van der Waals surface area contributed by atoms with Crippen molar-refractivity contribution in [2.24, 2.45) is 4.99 Å². The zero-order valence-corrected chi connectivity index (χ0v) is 19.8. The summed E-state index contributed by atoms with van der Waals surface area (Å²) in [6.45, 7) is 11.3. The number of ether oxygens (including phenoxy) is 1. The van der Waals surface area contributed by atoms with Crippen molar-refractivity contribution in [3.63, 3.8) is 0 Å². The van der Waals surface area contributed by atoms with Gasteiger partial charge in [-0.25, -0.2) is 9.98 Å². The van der Waals surface area contributed by atoms with E-state index in [1.165, 1.54) is 15.4 Å². The highest BCUT2D eigenvalue weighted by molar-refractivity contribution is 14.0. The van der Waals surface area contributed by atoms with Crippen LogP contribution in [0.25, 0.3) is 0 Å². The smallest absolute Gasteiger partial charge is 0.191 e. The Balaban J connectivity index is 0.00000364. The number of rotatable bonds is 9. The summed E-state index contributed by atoms with van der Waals surface area (Å²) >= 11 is 1.79. The van der Waals surface area contributed by atoms with Crippen LogP contribution in [-0.2, 0) is 19.4 Å². The first kappa shape index (κ1) is 23.7. The normalized spacial score (nSPS) is 11.0. The molecule has 0 saturated carbocycles. The van der Waals surface area contributed by atoms with Gasteiger partial charge in [-0.15, -0.1) is 35.3 Å². The Hall–Kier alpha value is -1.35. The van der Waals surface area contributed by atoms with E-state index >= 15 is 0 Å². The molecule has 150 valence electrons. The van der Waals surface area contributed by atoms with Crippen molar-refractivity contribution in [1.82, 2.24) is 15.6 Å². The molecular weight excluding hydrogens is 471 g/mol. The lowest BCUT2D eigenvalue weighted by Gasteiger charge is -2.11. The molecule has 1 aromatic heterocycles. The number of nitrogens with zero attached hydrogens (tertiary/aromatic N) is 2. The lowest BCUT2D eigenvalue weighted by molar-refractivity contribution is 0.338. The number of nitrogens with one attached hydrogen (secondary N) is 2. The van der Waals surface area contributed by atoms with Gasteiger partial charge >= 0.3 is 0 Å². The Bertz CT molecular complexity index is 718. The average Bonchev–Trinajstić information content (AvgIpc) is 3.10. The molecule has 5 nitrogen and oxygen atoms in total. The summed E-state index contributed by atoms with van der Waals surface area (Å²) in [5, 5.41) is 7.87. The molecule has 0 amide bonds. The van der Waals surface area contributed by atoms with E-state index in [1.807, 2.05) is 19.2 Å². The van der Waals surface area contributed by atoms with Gasteiger partial charge in [0.1, 0.15) is 5.75 Å². The van der Waals surface area contributed by atoms with Crippen molar-refractivity contribution >= 4 is 41.3 Å². The van der Waals surface area contributed by atoms with Gasteiger partial charge in [-0.1, -0.05) is 19.1 Å². The molecule has 1 aromatic carbocycles. The molecule has 2 aromatic rings. The van der Waals surface area contributed by atoms with E-state index in [2.05, 4.69) is 53.5 Å². The molecule has 0 radical (unpaired) electrons. The first-order chi connectivity index (χ1) is 12.7. The molecule has 2 N–H and O–H groups in total. The highest BCUT2D eigenvalue weighted by Gasteiger charge is 2.03. The van der Waals surface area contributed by atoms with Crippen molar-refractivity contribution in [1.29, 1.82) is 0 Å². The van der Waals surface area contributed by atoms with Crippen LogP contribution >= 0.6 is 35.3 Å². The largest absolute Gasteiger partial charge is 0.494 e. The molecule has 2 rings (SSSR count). The van der Waals surface area contributed by atoms with Gasteiger partial charge in [0.05, 0.1) is 18.2 Å². The van der Waals surface area contributed by atoms with Gasteiger partial charge < -0.3 is 15.4 Å². The molecule has 0 aliphatic heterocycles. The Morgan fingerprint density at radius 3 is 2.67 bits per heavy atom. The maximum Gasteiger partial charge on any atom is 0.191 e. The highest BCUT2D eigenvalue weighted by atomic mass is 127. The quantitative estimate of drug-likeness (QED) is 0.305. The summed E-state index contributed by atoms with van der Waals surface area (Å²) in [6, 6.07) is 6.24. The van der Waals surface area contributed by atoms with Crippen LogP contribution in [-0.4, -0.2) is 30.6 Å². The summed E-state index contributed by atoms with van der Waals surface area (Å²) in [4.78, 5) is 10.5. The van der Waals surface area contributed by atoms with Crippen LogP contribution in [0, 0.1) is 6.92 Å². The Morgan fingerprint density at radius 2 is 2.04 bits per heavy atom. The standard InChI is InChI=1S/C20H30N4OS.HI/c1-5-17-14-23-19(26-17)10-11-22-20(21-6-2)24-13-16-8-9-18(25-7-3)15(4)12-16;/h8-9,12,14H,5-7,10-11,13H2,1-4H3,(H2,21,22,24);1H. The molecule has 0 unspecified atom stereocenters. The van der Waals surface area contributed by atoms with Gasteiger partial charge in [-0.3, -0.25) is 0 Å². The fourth-order valence-corrected chi connectivity index (χ4v) is 3.42. The van der Waals surface area contributed by atoms with E-state index in [1.54, 1.807) is 11.3 Å². The predicted octanol–water partition coefficient (Wildman–Crippen LogP) is 4.33. The molecule has 1 heterocycles. The fraction of sp³-hybridized carbons (Fsp3) is 0.500. The predicted molar refractivity (Wildman–Crippen MR) is 126 cm³/mol. The molecule has 0 fully saturated rings. The third kappa shape index (κ3) is 8.04. The first-order valence-electron chi connectivity index (χ1n) is 9.34. The van der Waals surface area contributed by atoms with Crippen LogP contribution in [0.1, 0.15) is 41.8 Å². The number of aromatic nitrogens is 1. The minimum absolute atomic E-state index is 0. The van der Waals surface area contributed by atoms with Gasteiger partial charge in [0.2, 0.25) is 0 Å². The number of thiazole rings is 1. The molecular formula is C20H31IN4OS. The second-order valence-corrected chi connectivity index (χ2v) is 7.18. The van der Waals surface area contributed by atoms with E-state index in [9.17, 15) is 0 Å². The number of guanidine groups is 1. The minimum Gasteiger partial charge on any atom is -0.494 e. The van der Waals surface area contributed by atoms with Gasteiger partial charge in [0.15, 0.2) is 5.96 Å². The van der Waals surface area contributed by atoms with Gasteiger partial charge in [-0.2, -0.15) is 0 Å². The second-order valence-electron chi connectivity index (χ2n) is 5.98. The number of aliphatic imine (C=N–C) groups is 1. The summed E-state index contributed by atoms with van der Waals surface area (Å²) in [6.07, 6.45) is 3.95. The number of aryl methyl sites for hydroxylation is 2. The van der Waals surface area contributed by atoms with E-state index in [0.717, 1.165) is 43.2 Å². The lowest BCUT2D eigenvalue weighted by atomic mass is 10.1. The Morgan fingerprint density at radius 1 is 1.22 bits per heavy atom. The van der Waals surface area contributed by atoms with Crippen LogP contribution in [0.3, 0.4) is 0 Å². The summed E-state index contributed by atoms with van der Waals surface area (Å²) < 4.78 is 5.60. The third-order valence-corrected chi connectivity index (χ3v) is 5.09. The zero-order chi connectivity index (χ0) is 18.8. The topological polar surface area (TPSA) is 58.5 Å². The number of halogens is 1. The van der Waals surface area contributed by atoms with Crippen LogP contribution < -0.4 is 15.4 Å². The maximum atomic E-state index is 5.60. The van der Waals surface area contributed by atoms with E-state index in [4.69, 9.17) is 4.74 Å². The monoisotopic (exact) mass is 502 g/mol. The number of hydrogen-bond donors (Lipinski definition) is 2. The van der Waals surface area contributed by atoms with Crippen molar-refractivity contribution in [3.8, 4) is 5.75 Å². The molecule has 0 atom stereocenters. The Labute approximate surface area is 184 Å². The third-order valence-electron chi connectivity index (χ3n) is 3.88. The molecule has 0 aliphatic carbocycles. The second kappa shape index (κ2) is 12.9. The molecule has 0 aliphatic rings. The lowest BCUT2D eigenvalue weighted by Crippen LogP contribution is -2.38. The number of hydrogen-bond acceptors (Lipinski definition) is 4. The molecule has 0 spiro atoms. The van der Waals surface area contributed by atoms with Crippen LogP contribution in [0.5, 0.6) is 5.75 Å². The van der Waals surface area contributed by atoms with Crippen molar-refractivity contribution in [2.75, 3.05) is 19.7 Å². The van der Waals surface area contributed by atoms with Gasteiger partial charge in [-0.05, 0) is 44.4 Å². The first-order valence-corrected chi connectivity index (χ1v) is 10.2. The summed E-state index contributed by atoms with van der Waals surface area (Å²) in [7, 11) is 0. The maximum absolute atomic E-state index is 5.60. The number of benzene rings is 1. The van der Waals surface area contributed by atoms with Crippen LogP contribution in [0.15, 0.2) is 29.4 Å². The average molecular weight is 502 g/mol. The minimum atomic E-state index is 0. The zero-order valence-electron chi connectivity index (χ0n) is 16.7. The SMILES string of the molecule is CCNC(=NCc1ccc(OCC)c(C)c1)NCCc1ncc(CC)s1.I. The van der Waals surface area contributed by atoms with Gasteiger partial charge in [0.25, 0.3) is 0 Å². The van der Waals surface area contributed by atoms with Crippen molar-refractivity contribution < 1.29 is 4.74 Å². The molecule has 0 saturated heterocycles. The van der Waals surface area contributed by atoms with Crippen molar-refractivity contribution in [2.45, 2.75) is 47.1 Å². The Kier molecular flexibility index (Phi) is 11.3. The summed E-state index contributed by atoms with van der Waals surface area (Å²) in [5.41, 5.74) is 2.32. The van der Waals surface area contributed by atoms with Crippen molar-refractivity contribution in [3.05, 3.63) is 45.4 Å².